The van der Waals surface area contributed by atoms with E-state index in [1.807, 2.05) is 0 Å². The van der Waals surface area contributed by atoms with E-state index < -0.39 is 24.6 Å². The van der Waals surface area contributed by atoms with Gasteiger partial charge in [-0.3, -0.25) is 0 Å². The highest BCUT2D eigenvalue weighted by Crippen LogP contribution is 2.10. The van der Waals surface area contributed by atoms with Crippen molar-refractivity contribution < 1.29 is 19.8 Å². The summed E-state index contributed by atoms with van der Waals surface area (Å²) < 4.78 is 0. The summed E-state index contributed by atoms with van der Waals surface area (Å²) in [6, 6.07) is -1.71. The Balaban J connectivity index is 2.28. The fraction of sp³-hybridized carbons (Fsp3) is 0.833. The predicted octanol–water partition coefficient (Wildman–Crippen LogP) is -0.394. The quantitative estimate of drug-likeness (QED) is 0.528. The molecular weight excluding hydrogens is 250 g/mol. The lowest BCUT2D eigenvalue weighted by Gasteiger charge is -2.32. The third kappa shape index (κ3) is 5.44. The van der Waals surface area contributed by atoms with Gasteiger partial charge in [0.25, 0.3) is 0 Å². The number of carbonyl (C=O) groups is 2. The zero-order valence-corrected chi connectivity index (χ0v) is 11.3. The molecule has 0 radical (unpaired) electrons. The zero-order chi connectivity index (χ0) is 14.3. The molecule has 110 valence electrons. The number of nitrogens with zero attached hydrogens (tertiary/aromatic N) is 1. The van der Waals surface area contributed by atoms with Crippen LogP contribution in [0.1, 0.15) is 26.2 Å². The molecule has 2 amide bonds. The van der Waals surface area contributed by atoms with Gasteiger partial charge in [-0.2, -0.15) is 0 Å². The van der Waals surface area contributed by atoms with E-state index in [2.05, 4.69) is 22.5 Å². The topological polar surface area (TPSA) is 102 Å². The molecule has 1 rings (SSSR count). The third-order valence-corrected chi connectivity index (χ3v) is 3.25. The van der Waals surface area contributed by atoms with Crippen molar-refractivity contribution in [2.45, 2.75) is 38.3 Å². The van der Waals surface area contributed by atoms with E-state index >= 15 is 0 Å². The standard InChI is InChI=1S/C12H23N3O4/c1-2-5-15-6-3-9(4-7-15)13-12(19)14-10(8-16)11(17)18/h9-10,16H,2-8H2,1H3,(H,17,18)(H2,13,14,19)/t10-/m0/s1. The Morgan fingerprint density at radius 3 is 2.47 bits per heavy atom. The maximum absolute atomic E-state index is 11.6. The number of aliphatic carboxylic acids is 1. The summed E-state index contributed by atoms with van der Waals surface area (Å²) in [5.74, 6) is -1.24. The van der Waals surface area contributed by atoms with E-state index in [0.717, 1.165) is 38.9 Å². The predicted molar refractivity (Wildman–Crippen MR) is 69.9 cm³/mol. The lowest BCUT2D eigenvalue weighted by molar-refractivity contribution is -0.140. The number of carboxylic acids is 1. The smallest absolute Gasteiger partial charge is 0.328 e. The molecule has 0 unspecified atom stereocenters. The van der Waals surface area contributed by atoms with Crippen LogP contribution in [0.25, 0.3) is 0 Å². The molecule has 1 saturated heterocycles. The summed E-state index contributed by atoms with van der Waals surface area (Å²) in [5, 5.41) is 22.5. The number of nitrogens with one attached hydrogen (secondary N) is 2. The second-order valence-electron chi connectivity index (χ2n) is 4.81. The van der Waals surface area contributed by atoms with Crippen molar-refractivity contribution in [1.29, 1.82) is 0 Å². The number of hydrogen-bond acceptors (Lipinski definition) is 4. The lowest BCUT2D eigenvalue weighted by Crippen LogP contribution is -2.52. The van der Waals surface area contributed by atoms with Crippen molar-refractivity contribution >= 4 is 12.0 Å². The van der Waals surface area contributed by atoms with Crippen LogP contribution < -0.4 is 10.6 Å². The Labute approximate surface area is 113 Å². The van der Waals surface area contributed by atoms with Gasteiger partial charge in [0, 0.05) is 19.1 Å². The second kappa shape index (κ2) is 7.96. The van der Waals surface area contributed by atoms with Crippen LogP contribution in [0.4, 0.5) is 4.79 Å². The van der Waals surface area contributed by atoms with Gasteiger partial charge in [0.1, 0.15) is 0 Å². The Morgan fingerprint density at radius 1 is 1.37 bits per heavy atom. The fourth-order valence-electron chi connectivity index (χ4n) is 2.19. The number of amides is 2. The van der Waals surface area contributed by atoms with Gasteiger partial charge in [0.05, 0.1) is 6.61 Å². The molecule has 0 saturated carbocycles. The van der Waals surface area contributed by atoms with Crippen molar-refractivity contribution in [3.8, 4) is 0 Å². The maximum Gasteiger partial charge on any atom is 0.328 e. The van der Waals surface area contributed by atoms with Crippen LogP contribution in [0.5, 0.6) is 0 Å². The van der Waals surface area contributed by atoms with Crippen molar-refractivity contribution in [1.82, 2.24) is 15.5 Å². The van der Waals surface area contributed by atoms with Crippen molar-refractivity contribution in [3.05, 3.63) is 0 Å². The first-order chi connectivity index (χ1) is 9.06. The fourth-order valence-corrected chi connectivity index (χ4v) is 2.19. The van der Waals surface area contributed by atoms with Crippen LogP contribution >= 0.6 is 0 Å². The average molecular weight is 273 g/mol. The van der Waals surface area contributed by atoms with Gasteiger partial charge in [0.2, 0.25) is 0 Å². The molecular formula is C12H23N3O4. The van der Waals surface area contributed by atoms with Crippen molar-refractivity contribution in [2.75, 3.05) is 26.2 Å². The largest absolute Gasteiger partial charge is 0.480 e. The summed E-state index contributed by atoms with van der Waals surface area (Å²) in [4.78, 5) is 24.6. The summed E-state index contributed by atoms with van der Waals surface area (Å²) in [7, 11) is 0. The molecule has 0 aromatic carbocycles. The molecule has 7 nitrogen and oxygen atoms in total. The molecule has 0 spiro atoms. The summed E-state index contributed by atoms with van der Waals surface area (Å²) in [6.07, 6.45) is 2.85. The molecule has 1 atom stereocenters. The zero-order valence-electron chi connectivity index (χ0n) is 11.3. The molecule has 1 aliphatic rings. The molecule has 4 N–H and O–H groups in total. The van der Waals surface area contributed by atoms with Gasteiger partial charge in [-0.15, -0.1) is 0 Å². The number of urea groups is 1. The van der Waals surface area contributed by atoms with Gasteiger partial charge in [-0.05, 0) is 25.8 Å². The molecule has 0 aliphatic carbocycles. The number of aliphatic hydroxyl groups excluding tert-OH is 1. The Hall–Kier alpha value is -1.34. The molecule has 1 fully saturated rings. The minimum Gasteiger partial charge on any atom is -0.480 e. The number of aliphatic hydroxyl groups is 1. The number of likely N-dealkylation sites (tertiary alicyclic amines) is 1. The third-order valence-electron chi connectivity index (χ3n) is 3.25. The average Bonchev–Trinajstić information content (AvgIpc) is 2.38. The maximum atomic E-state index is 11.6. The van der Waals surface area contributed by atoms with Crippen LogP contribution in [-0.4, -0.2) is 65.4 Å². The number of carbonyl (C=O) groups excluding carboxylic acids is 1. The highest BCUT2D eigenvalue weighted by atomic mass is 16.4. The Kier molecular flexibility index (Phi) is 6.58. The first-order valence-corrected chi connectivity index (χ1v) is 6.69. The van der Waals surface area contributed by atoms with E-state index in [9.17, 15) is 9.59 Å². The normalized spacial score (nSPS) is 18.8. The summed E-state index contributed by atoms with van der Waals surface area (Å²) in [5.41, 5.74) is 0. The van der Waals surface area contributed by atoms with Crippen LogP contribution in [0, 0.1) is 0 Å². The van der Waals surface area contributed by atoms with Gasteiger partial charge in [-0.25, -0.2) is 9.59 Å². The van der Waals surface area contributed by atoms with E-state index in [1.54, 1.807) is 0 Å². The summed E-state index contributed by atoms with van der Waals surface area (Å²) >= 11 is 0. The Morgan fingerprint density at radius 2 is 2.00 bits per heavy atom. The first-order valence-electron chi connectivity index (χ1n) is 6.69. The molecule has 1 aliphatic heterocycles. The van der Waals surface area contributed by atoms with Crippen molar-refractivity contribution in [2.24, 2.45) is 0 Å². The molecule has 0 aromatic heterocycles. The van der Waals surface area contributed by atoms with E-state index in [4.69, 9.17) is 10.2 Å². The number of piperidine rings is 1. The molecule has 19 heavy (non-hydrogen) atoms. The highest BCUT2D eigenvalue weighted by molar-refractivity contribution is 5.82. The van der Waals surface area contributed by atoms with Gasteiger partial charge >= 0.3 is 12.0 Å². The Bertz CT molecular complexity index is 303. The van der Waals surface area contributed by atoms with Crippen LogP contribution in [-0.2, 0) is 4.79 Å². The molecule has 0 bridgehead atoms. The first kappa shape index (κ1) is 15.7. The van der Waals surface area contributed by atoms with Crippen LogP contribution in [0.3, 0.4) is 0 Å². The molecule has 0 aromatic rings. The van der Waals surface area contributed by atoms with Crippen LogP contribution in [0.2, 0.25) is 0 Å². The molecule has 1 heterocycles. The van der Waals surface area contributed by atoms with Gasteiger partial charge in [0.15, 0.2) is 6.04 Å². The monoisotopic (exact) mass is 273 g/mol. The van der Waals surface area contributed by atoms with E-state index in [1.165, 1.54) is 0 Å². The summed E-state index contributed by atoms with van der Waals surface area (Å²) in [6.45, 7) is 4.49. The van der Waals surface area contributed by atoms with Crippen molar-refractivity contribution in [3.63, 3.8) is 0 Å². The minimum atomic E-state index is -1.25. The number of hydrogen-bond donors (Lipinski definition) is 4. The van der Waals surface area contributed by atoms with Gasteiger partial charge in [-0.1, -0.05) is 6.92 Å². The van der Waals surface area contributed by atoms with E-state index in [-0.39, 0.29) is 6.04 Å². The molecule has 7 heteroatoms. The number of carboxylic acid groups (broad SMARTS) is 1. The van der Waals surface area contributed by atoms with Gasteiger partial charge < -0.3 is 25.7 Å². The SMILES string of the molecule is CCCN1CCC(NC(=O)N[C@@H](CO)C(=O)O)CC1. The lowest BCUT2D eigenvalue weighted by atomic mass is 10.1. The second-order valence-corrected chi connectivity index (χ2v) is 4.81. The highest BCUT2D eigenvalue weighted by Gasteiger charge is 2.23. The van der Waals surface area contributed by atoms with E-state index in [0.29, 0.717) is 0 Å². The van der Waals surface area contributed by atoms with Crippen LogP contribution in [0.15, 0.2) is 0 Å². The number of rotatable bonds is 6. The minimum absolute atomic E-state index is 0.0706.